The Labute approximate surface area is 109 Å². The van der Waals surface area contributed by atoms with Crippen molar-refractivity contribution in [3.63, 3.8) is 0 Å². The van der Waals surface area contributed by atoms with E-state index in [0.29, 0.717) is 6.42 Å². The van der Waals surface area contributed by atoms with Crippen LogP contribution in [-0.2, 0) is 9.59 Å². The molecule has 0 atom stereocenters. The lowest BCUT2D eigenvalue weighted by Crippen LogP contribution is -2.33. The Kier molecular flexibility index (Phi) is 9.28. The van der Waals surface area contributed by atoms with Crippen LogP contribution in [0.5, 0.6) is 0 Å². The molecule has 0 amide bonds. The highest BCUT2D eigenvalue weighted by molar-refractivity contribution is 5.70. The zero-order valence-corrected chi connectivity index (χ0v) is 11.4. The number of carboxylic acid groups (broad SMARTS) is 2. The summed E-state index contributed by atoms with van der Waals surface area (Å²) >= 11 is 0. The molecule has 2 N–H and O–H groups in total. The zero-order chi connectivity index (χ0) is 14.0. The van der Waals surface area contributed by atoms with Gasteiger partial charge in [0.05, 0.1) is 5.92 Å². The maximum atomic E-state index is 10.4. The number of hydrogen-bond donors (Lipinski definition) is 2. The molecule has 5 heteroatoms. The fourth-order valence-corrected chi connectivity index (χ4v) is 1.78. The number of likely N-dealkylation sites (tertiary alicyclic amines) is 1. The molecule has 1 aliphatic rings. The van der Waals surface area contributed by atoms with Gasteiger partial charge in [-0.25, -0.2) is 0 Å². The molecule has 1 heterocycles. The summed E-state index contributed by atoms with van der Waals surface area (Å²) in [5, 5.41) is 16.7. The van der Waals surface area contributed by atoms with Crippen molar-refractivity contribution in [3.8, 4) is 0 Å². The van der Waals surface area contributed by atoms with Gasteiger partial charge in [0.15, 0.2) is 0 Å². The van der Waals surface area contributed by atoms with Crippen molar-refractivity contribution in [2.45, 2.75) is 45.4 Å². The van der Waals surface area contributed by atoms with E-state index in [1.807, 2.05) is 7.05 Å². The smallest absolute Gasteiger partial charge is 0.306 e. The molecule has 0 aromatic carbocycles. The minimum Gasteiger partial charge on any atom is -0.481 e. The lowest BCUT2D eigenvalue weighted by atomic mass is 9.98. The summed E-state index contributed by atoms with van der Waals surface area (Å²) in [7, 11) is 2.03. The van der Waals surface area contributed by atoms with Crippen molar-refractivity contribution in [2.24, 2.45) is 5.92 Å². The molecule has 0 saturated carbocycles. The van der Waals surface area contributed by atoms with Crippen LogP contribution in [0.15, 0.2) is 0 Å². The second kappa shape index (κ2) is 9.88. The minimum atomic E-state index is -0.682. The first kappa shape index (κ1) is 16.9. The van der Waals surface area contributed by atoms with Gasteiger partial charge in [-0.2, -0.15) is 0 Å². The molecule has 1 saturated heterocycles. The standard InChI is InChI=1S/C7H13NO2.C6H12O2/c1-8-4-2-6(3-5-8)7(9)10;1-2-3-4-5-6(7)8/h6H,2-5H2,1H3,(H,9,10);2-5H2,1H3,(H,7,8). The van der Waals surface area contributed by atoms with Gasteiger partial charge in [-0.3, -0.25) is 9.59 Å². The lowest BCUT2D eigenvalue weighted by molar-refractivity contribution is -0.143. The first-order valence-electron chi connectivity index (χ1n) is 6.60. The number of hydrogen-bond acceptors (Lipinski definition) is 3. The first-order chi connectivity index (χ1) is 8.47. The van der Waals surface area contributed by atoms with Crippen LogP contribution < -0.4 is 0 Å². The Morgan fingerprint density at radius 3 is 2.11 bits per heavy atom. The van der Waals surface area contributed by atoms with E-state index in [9.17, 15) is 9.59 Å². The van der Waals surface area contributed by atoms with E-state index < -0.39 is 11.9 Å². The third kappa shape index (κ3) is 8.98. The van der Waals surface area contributed by atoms with Crippen molar-refractivity contribution in [1.82, 2.24) is 4.90 Å². The maximum Gasteiger partial charge on any atom is 0.306 e. The molecule has 1 rings (SSSR count). The summed E-state index contributed by atoms with van der Waals surface area (Å²) in [5.74, 6) is -1.40. The predicted molar refractivity (Wildman–Crippen MR) is 69.6 cm³/mol. The van der Waals surface area contributed by atoms with Crippen LogP contribution >= 0.6 is 0 Å². The number of rotatable bonds is 5. The Bertz CT molecular complexity index is 247. The molecule has 0 bridgehead atoms. The van der Waals surface area contributed by atoms with Gasteiger partial charge in [-0.15, -0.1) is 0 Å². The molecular weight excluding hydrogens is 234 g/mol. The molecule has 18 heavy (non-hydrogen) atoms. The van der Waals surface area contributed by atoms with Crippen molar-refractivity contribution in [2.75, 3.05) is 20.1 Å². The van der Waals surface area contributed by atoms with Crippen LogP contribution in [0.3, 0.4) is 0 Å². The number of aliphatic carboxylic acids is 2. The van der Waals surface area contributed by atoms with E-state index in [0.717, 1.165) is 45.2 Å². The lowest BCUT2D eigenvalue weighted by Gasteiger charge is -2.25. The van der Waals surface area contributed by atoms with E-state index >= 15 is 0 Å². The summed E-state index contributed by atoms with van der Waals surface area (Å²) < 4.78 is 0. The molecule has 0 unspecified atom stereocenters. The second-order valence-electron chi connectivity index (χ2n) is 4.77. The minimum absolute atomic E-state index is 0.0869. The summed E-state index contributed by atoms with van der Waals surface area (Å²) in [6.45, 7) is 3.91. The molecule has 1 fully saturated rings. The van der Waals surface area contributed by atoms with E-state index in [2.05, 4.69) is 11.8 Å². The summed E-state index contributed by atoms with van der Waals surface area (Å²) in [6, 6.07) is 0. The first-order valence-corrected chi connectivity index (χ1v) is 6.60. The number of carboxylic acids is 2. The van der Waals surface area contributed by atoms with E-state index in [-0.39, 0.29) is 5.92 Å². The molecule has 106 valence electrons. The van der Waals surface area contributed by atoms with Crippen molar-refractivity contribution >= 4 is 11.9 Å². The van der Waals surface area contributed by atoms with Crippen LogP contribution in [0, 0.1) is 5.92 Å². The van der Waals surface area contributed by atoms with Gasteiger partial charge in [-0.1, -0.05) is 19.8 Å². The molecule has 0 aromatic heterocycles. The summed E-state index contributed by atoms with van der Waals surface area (Å²) in [6.07, 6.45) is 4.90. The van der Waals surface area contributed by atoms with Gasteiger partial charge >= 0.3 is 11.9 Å². The second-order valence-corrected chi connectivity index (χ2v) is 4.77. The average Bonchev–Trinajstić information content (AvgIpc) is 2.30. The molecule has 0 spiro atoms. The number of nitrogens with zero attached hydrogens (tertiary/aromatic N) is 1. The zero-order valence-electron chi connectivity index (χ0n) is 11.4. The highest BCUT2D eigenvalue weighted by Gasteiger charge is 2.21. The third-order valence-electron chi connectivity index (χ3n) is 3.06. The van der Waals surface area contributed by atoms with Gasteiger partial charge in [-0.05, 0) is 39.4 Å². The van der Waals surface area contributed by atoms with E-state index in [1.54, 1.807) is 0 Å². The average molecular weight is 259 g/mol. The van der Waals surface area contributed by atoms with Crippen molar-refractivity contribution in [3.05, 3.63) is 0 Å². The largest absolute Gasteiger partial charge is 0.481 e. The Balaban J connectivity index is 0.000000331. The topological polar surface area (TPSA) is 77.8 Å². The Morgan fingerprint density at radius 1 is 1.17 bits per heavy atom. The molecule has 0 aromatic rings. The normalized spacial score (nSPS) is 16.8. The van der Waals surface area contributed by atoms with Crippen molar-refractivity contribution in [1.29, 1.82) is 0 Å². The monoisotopic (exact) mass is 259 g/mol. The van der Waals surface area contributed by atoms with Crippen LogP contribution in [0.25, 0.3) is 0 Å². The molecule has 0 aliphatic carbocycles. The highest BCUT2D eigenvalue weighted by atomic mass is 16.4. The van der Waals surface area contributed by atoms with E-state index in [4.69, 9.17) is 10.2 Å². The van der Waals surface area contributed by atoms with E-state index in [1.165, 1.54) is 0 Å². The molecule has 1 aliphatic heterocycles. The van der Waals surface area contributed by atoms with Crippen LogP contribution in [0.2, 0.25) is 0 Å². The fraction of sp³-hybridized carbons (Fsp3) is 0.846. The fourth-order valence-electron chi connectivity index (χ4n) is 1.78. The quantitative estimate of drug-likeness (QED) is 0.739. The Hall–Kier alpha value is -1.10. The summed E-state index contributed by atoms with van der Waals surface area (Å²) in [4.78, 5) is 22.5. The highest BCUT2D eigenvalue weighted by Crippen LogP contribution is 2.15. The van der Waals surface area contributed by atoms with Gasteiger partial charge in [0, 0.05) is 6.42 Å². The number of unbranched alkanes of at least 4 members (excludes halogenated alkanes) is 2. The van der Waals surface area contributed by atoms with Gasteiger partial charge in [0.2, 0.25) is 0 Å². The Morgan fingerprint density at radius 2 is 1.72 bits per heavy atom. The van der Waals surface area contributed by atoms with Crippen LogP contribution in [0.1, 0.15) is 45.4 Å². The molecule has 5 nitrogen and oxygen atoms in total. The summed E-state index contributed by atoms with van der Waals surface area (Å²) in [5.41, 5.74) is 0. The van der Waals surface area contributed by atoms with Gasteiger partial charge < -0.3 is 15.1 Å². The molecule has 0 radical (unpaired) electrons. The number of piperidine rings is 1. The molecular formula is C13H25NO4. The van der Waals surface area contributed by atoms with Crippen LogP contribution in [-0.4, -0.2) is 47.2 Å². The third-order valence-corrected chi connectivity index (χ3v) is 3.06. The van der Waals surface area contributed by atoms with Gasteiger partial charge in [0.1, 0.15) is 0 Å². The maximum absolute atomic E-state index is 10.4. The number of carbonyl (C=O) groups is 2. The predicted octanol–water partition coefficient (Wildman–Crippen LogP) is 2.06. The van der Waals surface area contributed by atoms with Gasteiger partial charge in [0.25, 0.3) is 0 Å². The van der Waals surface area contributed by atoms with Crippen LogP contribution in [0.4, 0.5) is 0 Å². The SMILES string of the molecule is CCCCCC(=O)O.CN1CCC(C(=O)O)CC1. The van der Waals surface area contributed by atoms with Crippen molar-refractivity contribution < 1.29 is 19.8 Å².